The van der Waals surface area contributed by atoms with Gasteiger partial charge in [-0.1, -0.05) is 123 Å². The van der Waals surface area contributed by atoms with Crippen LogP contribution in [0.25, 0.3) is 0 Å². The van der Waals surface area contributed by atoms with Crippen molar-refractivity contribution in [2.75, 3.05) is 18.5 Å². The van der Waals surface area contributed by atoms with Crippen LogP contribution in [0.3, 0.4) is 0 Å². The molecule has 0 aliphatic carbocycles. The normalized spacial score (nSPS) is 10.8. The zero-order chi connectivity index (χ0) is 30.0. The van der Waals surface area contributed by atoms with E-state index in [0.29, 0.717) is 7.92 Å². The molecule has 0 aromatic heterocycles. The number of carbonyl (C=O) groups is 3. The first kappa shape index (κ1) is 38.1. The summed E-state index contributed by atoms with van der Waals surface area (Å²) in [6, 6.07) is 3.26. The van der Waals surface area contributed by atoms with Crippen LogP contribution < -0.4 is 0 Å². The lowest BCUT2D eigenvalue weighted by atomic mass is 10.0. The molecule has 7 heteroatoms. The summed E-state index contributed by atoms with van der Waals surface area (Å²) in [6.07, 6.45) is 31.2. The first-order valence-corrected chi connectivity index (χ1v) is 17.7. The standard InChI is InChI=1S/C24H51P.C9H6O6/c1-4-7-10-13-16-19-22-25(23-20-17-14-11-8-5-2)24-21-18-15-12-9-6-3;10-7(11)4-2-1-3-5(8(12)13)6(4)9(14)15/h4-24H2,1-3H3;1-3H,(H,10,11)(H,12,13)(H,14,15). The number of hydrogen-bond donors (Lipinski definition) is 3. The molecular weight excluding hydrogens is 523 g/mol. The summed E-state index contributed by atoms with van der Waals surface area (Å²) in [4.78, 5) is 32.0. The molecule has 1 aromatic carbocycles. The minimum absolute atomic E-state index is 0.366. The minimum Gasteiger partial charge on any atom is -0.478 e. The molecule has 0 aliphatic heterocycles. The third-order valence-electron chi connectivity index (χ3n) is 7.22. The number of carboxylic acid groups (broad SMARTS) is 3. The van der Waals surface area contributed by atoms with Crippen LogP contribution in [0.15, 0.2) is 18.2 Å². The quantitative estimate of drug-likeness (QED) is 0.0828. The fraction of sp³-hybridized carbons (Fsp3) is 0.727. The molecule has 0 amide bonds. The summed E-state index contributed by atoms with van der Waals surface area (Å²) < 4.78 is 0. The summed E-state index contributed by atoms with van der Waals surface area (Å²) >= 11 is 0. The zero-order valence-corrected chi connectivity index (χ0v) is 26.5. The molecule has 0 unspecified atom stereocenters. The van der Waals surface area contributed by atoms with E-state index in [-0.39, 0.29) is 0 Å². The predicted molar refractivity (Wildman–Crippen MR) is 169 cm³/mol. The first-order chi connectivity index (χ1) is 19.3. The second-order valence-corrected chi connectivity index (χ2v) is 13.5. The van der Waals surface area contributed by atoms with E-state index in [4.69, 9.17) is 15.3 Å². The van der Waals surface area contributed by atoms with Gasteiger partial charge in [-0.25, -0.2) is 14.4 Å². The predicted octanol–water partition coefficient (Wildman–Crippen LogP) is 10.3. The van der Waals surface area contributed by atoms with E-state index in [0.717, 1.165) is 12.1 Å². The summed E-state index contributed by atoms with van der Waals surface area (Å²) in [5.41, 5.74) is -1.79. The van der Waals surface area contributed by atoms with Crippen LogP contribution in [-0.4, -0.2) is 51.7 Å². The highest BCUT2D eigenvalue weighted by Gasteiger charge is 2.23. The Balaban J connectivity index is 0.000000858. The number of unbranched alkanes of at least 4 members (excludes halogenated alkanes) is 15. The summed E-state index contributed by atoms with van der Waals surface area (Å²) in [6.45, 7) is 6.96. The number of rotatable bonds is 24. The van der Waals surface area contributed by atoms with Crippen LogP contribution in [0.5, 0.6) is 0 Å². The average Bonchev–Trinajstić information content (AvgIpc) is 2.93. The summed E-state index contributed by atoms with van der Waals surface area (Å²) in [5, 5.41) is 26.0. The van der Waals surface area contributed by atoms with Gasteiger partial charge in [0.15, 0.2) is 0 Å². The third kappa shape index (κ3) is 19.2. The van der Waals surface area contributed by atoms with Gasteiger partial charge in [-0.05, 0) is 49.9 Å². The molecule has 0 radical (unpaired) electrons. The van der Waals surface area contributed by atoms with Crippen LogP contribution in [0, 0.1) is 0 Å². The fourth-order valence-electron chi connectivity index (χ4n) is 4.82. The maximum atomic E-state index is 10.7. The highest BCUT2D eigenvalue weighted by atomic mass is 31.1. The molecule has 40 heavy (non-hydrogen) atoms. The first-order valence-electron chi connectivity index (χ1n) is 15.8. The maximum Gasteiger partial charge on any atom is 0.337 e. The van der Waals surface area contributed by atoms with Crippen molar-refractivity contribution in [3.05, 3.63) is 34.9 Å². The molecule has 0 spiro atoms. The molecular formula is C33H57O6P. The van der Waals surface area contributed by atoms with Gasteiger partial charge < -0.3 is 15.3 Å². The van der Waals surface area contributed by atoms with E-state index in [1.807, 2.05) is 0 Å². The third-order valence-corrected chi connectivity index (χ3v) is 10.1. The highest BCUT2D eigenvalue weighted by molar-refractivity contribution is 7.57. The lowest BCUT2D eigenvalue weighted by Crippen LogP contribution is -2.14. The number of carboxylic acids is 3. The van der Waals surface area contributed by atoms with Gasteiger partial charge in [-0.2, -0.15) is 0 Å². The van der Waals surface area contributed by atoms with Crippen LogP contribution in [0.2, 0.25) is 0 Å². The van der Waals surface area contributed by atoms with E-state index < -0.39 is 34.6 Å². The van der Waals surface area contributed by atoms with Crippen LogP contribution in [0.4, 0.5) is 0 Å². The topological polar surface area (TPSA) is 112 Å². The van der Waals surface area contributed by atoms with Gasteiger partial charge in [-0.15, -0.1) is 7.92 Å². The molecule has 0 bridgehead atoms. The minimum atomic E-state index is -1.58. The Kier molecular flexibility index (Phi) is 24.7. The monoisotopic (exact) mass is 580 g/mol. The molecule has 230 valence electrons. The van der Waals surface area contributed by atoms with E-state index in [1.54, 1.807) is 18.5 Å². The Morgan fingerprint density at radius 3 is 1.07 bits per heavy atom. The Labute approximate surface area is 245 Å². The second-order valence-electron chi connectivity index (χ2n) is 10.8. The molecule has 0 heterocycles. The molecule has 6 nitrogen and oxygen atoms in total. The number of hydrogen-bond acceptors (Lipinski definition) is 3. The molecule has 3 N–H and O–H groups in total. The molecule has 0 saturated heterocycles. The van der Waals surface area contributed by atoms with E-state index in [9.17, 15) is 14.4 Å². The molecule has 0 atom stereocenters. The van der Waals surface area contributed by atoms with Crippen molar-refractivity contribution in [2.45, 2.75) is 136 Å². The Bertz CT molecular complexity index is 740. The maximum absolute atomic E-state index is 10.7. The van der Waals surface area contributed by atoms with Crippen molar-refractivity contribution in [1.29, 1.82) is 0 Å². The van der Waals surface area contributed by atoms with Gasteiger partial charge in [0.25, 0.3) is 0 Å². The van der Waals surface area contributed by atoms with Crippen molar-refractivity contribution in [3.8, 4) is 0 Å². The summed E-state index contributed by atoms with van der Waals surface area (Å²) in [5.74, 6) is -4.53. The molecule has 0 fully saturated rings. The summed E-state index contributed by atoms with van der Waals surface area (Å²) in [7, 11) is 0.366. The average molecular weight is 581 g/mol. The Hall–Kier alpha value is -1.94. The molecule has 1 aromatic rings. The van der Waals surface area contributed by atoms with Gasteiger partial charge in [0.1, 0.15) is 0 Å². The van der Waals surface area contributed by atoms with Gasteiger partial charge in [0.05, 0.1) is 16.7 Å². The van der Waals surface area contributed by atoms with Gasteiger partial charge in [0, 0.05) is 0 Å². The second kappa shape index (κ2) is 26.0. The van der Waals surface area contributed by atoms with Crippen molar-refractivity contribution >= 4 is 25.8 Å². The lowest BCUT2D eigenvalue weighted by Gasteiger charge is -2.18. The highest BCUT2D eigenvalue weighted by Crippen LogP contribution is 2.39. The van der Waals surface area contributed by atoms with Gasteiger partial charge in [0.2, 0.25) is 0 Å². The SMILES string of the molecule is CCCCCCCCP(CCCCCCCC)CCCCCCCC.O=C(O)c1cccc(C(=O)O)c1C(=O)O. The Morgan fingerprint density at radius 1 is 0.500 bits per heavy atom. The van der Waals surface area contributed by atoms with Crippen molar-refractivity contribution in [3.63, 3.8) is 0 Å². The molecule has 0 saturated carbocycles. The van der Waals surface area contributed by atoms with Crippen LogP contribution >= 0.6 is 7.92 Å². The molecule has 0 aliphatic rings. The van der Waals surface area contributed by atoms with Crippen molar-refractivity contribution < 1.29 is 29.7 Å². The van der Waals surface area contributed by atoms with Gasteiger partial charge >= 0.3 is 17.9 Å². The zero-order valence-electron chi connectivity index (χ0n) is 25.6. The fourth-order valence-corrected chi connectivity index (χ4v) is 7.51. The van der Waals surface area contributed by atoms with Gasteiger partial charge in [-0.3, -0.25) is 0 Å². The van der Waals surface area contributed by atoms with Crippen molar-refractivity contribution in [1.82, 2.24) is 0 Å². The van der Waals surface area contributed by atoms with E-state index >= 15 is 0 Å². The Morgan fingerprint density at radius 2 is 0.800 bits per heavy atom. The molecule has 1 rings (SSSR count). The number of benzene rings is 1. The van der Waals surface area contributed by atoms with Crippen LogP contribution in [-0.2, 0) is 0 Å². The van der Waals surface area contributed by atoms with E-state index in [1.165, 1.54) is 122 Å². The lowest BCUT2D eigenvalue weighted by molar-refractivity contribution is 0.0633. The smallest absolute Gasteiger partial charge is 0.337 e. The van der Waals surface area contributed by atoms with Crippen molar-refractivity contribution in [2.24, 2.45) is 0 Å². The van der Waals surface area contributed by atoms with E-state index in [2.05, 4.69) is 20.8 Å². The largest absolute Gasteiger partial charge is 0.478 e. The number of aromatic carboxylic acids is 3. The van der Waals surface area contributed by atoms with Crippen LogP contribution in [0.1, 0.15) is 167 Å².